The molecule has 0 amide bonds. The van der Waals surface area contributed by atoms with Crippen LogP contribution >= 0.6 is 23.1 Å². The Labute approximate surface area is 132 Å². The van der Waals surface area contributed by atoms with Crippen LogP contribution in [-0.4, -0.2) is 17.3 Å². The molecule has 1 atom stereocenters. The lowest BCUT2D eigenvalue weighted by Gasteiger charge is -2.25. The van der Waals surface area contributed by atoms with Gasteiger partial charge in [0, 0.05) is 9.77 Å². The molecule has 1 aliphatic carbocycles. The van der Waals surface area contributed by atoms with E-state index in [9.17, 15) is 9.90 Å². The number of nitrogens with one attached hydrogen (secondary N) is 1. The van der Waals surface area contributed by atoms with Gasteiger partial charge in [0.25, 0.3) is 0 Å². The lowest BCUT2D eigenvalue weighted by molar-refractivity contribution is 0.0694. The van der Waals surface area contributed by atoms with E-state index in [1.807, 2.05) is 24.5 Å². The molecule has 3 nitrogen and oxygen atoms in total. The van der Waals surface area contributed by atoms with Gasteiger partial charge in [0.2, 0.25) is 0 Å². The Morgan fingerprint density at radius 2 is 2.29 bits per heavy atom. The predicted octanol–water partition coefficient (Wildman–Crippen LogP) is 4.66. The maximum atomic E-state index is 11.6. The Morgan fingerprint density at radius 3 is 3.05 bits per heavy atom. The number of thiophene rings is 1. The van der Waals surface area contributed by atoms with Crippen molar-refractivity contribution in [3.8, 4) is 0 Å². The fraction of sp³-hybridized carbons (Fsp3) is 0.312. The van der Waals surface area contributed by atoms with Gasteiger partial charge in [-0.2, -0.15) is 0 Å². The van der Waals surface area contributed by atoms with Crippen LogP contribution in [0.2, 0.25) is 0 Å². The molecular weight excluding hydrogens is 302 g/mol. The lowest BCUT2D eigenvalue weighted by atomic mass is 9.93. The number of aryl methyl sites for hydroxylation is 1. The van der Waals surface area contributed by atoms with Crippen LogP contribution in [0.4, 0.5) is 5.69 Å². The number of anilines is 1. The van der Waals surface area contributed by atoms with Gasteiger partial charge in [-0.25, -0.2) is 4.79 Å². The van der Waals surface area contributed by atoms with Gasteiger partial charge in [-0.05, 0) is 54.7 Å². The normalized spacial score (nSPS) is 17.3. The minimum atomic E-state index is -0.871. The first kappa shape index (κ1) is 14.5. The molecule has 2 N–H and O–H groups in total. The van der Waals surface area contributed by atoms with Gasteiger partial charge in [0.1, 0.15) is 0 Å². The Bertz CT molecular complexity index is 666. The van der Waals surface area contributed by atoms with Crippen molar-refractivity contribution in [2.75, 3.05) is 11.6 Å². The molecule has 5 heteroatoms. The van der Waals surface area contributed by atoms with Gasteiger partial charge in [0.15, 0.2) is 0 Å². The number of benzene rings is 1. The van der Waals surface area contributed by atoms with Crippen LogP contribution in [0.1, 0.15) is 39.7 Å². The van der Waals surface area contributed by atoms with Crippen molar-refractivity contribution in [1.29, 1.82) is 0 Å². The first-order valence-electron chi connectivity index (χ1n) is 6.94. The summed E-state index contributed by atoms with van der Waals surface area (Å²) in [6, 6.07) is 8.02. The zero-order chi connectivity index (χ0) is 14.8. The van der Waals surface area contributed by atoms with Crippen LogP contribution in [0.15, 0.2) is 34.5 Å². The maximum absolute atomic E-state index is 11.6. The highest BCUT2D eigenvalue weighted by Gasteiger charge is 2.23. The summed E-state index contributed by atoms with van der Waals surface area (Å²) in [4.78, 5) is 13.8. The van der Waals surface area contributed by atoms with Crippen molar-refractivity contribution in [3.05, 3.63) is 45.6 Å². The monoisotopic (exact) mass is 319 g/mol. The first-order chi connectivity index (χ1) is 10.2. The van der Waals surface area contributed by atoms with Gasteiger partial charge in [-0.1, -0.05) is 6.07 Å². The molecule has 0 bridgehead atoms. The van der Waals surface area contributed by atoms with Crippen LogP contribution < -0.4 is 5.32 Å². The summed E-state index contributed by atoms with van der Waals surface area (Å²) in [5, 5.41) is 15.1. The van der Waals surface area contributed by atoms with Crippen LogP contribution in [0.25, 0.3) is 0 Å². The quantitative estimate of drug-likeness (QED) is 0.805. The first-order valence-corrected chi connectivity index (χ1v) is 9.04. The third kappa shape index (κ3) is 2.80. The smallest absolute Gasteiger partial charge is 0.338 e. The Balaban J connectivity index is 1.95. The fourth-order valence-electron chi connectivity index (χ4n) is 2.87. The zero-order valence-corrected chi connectivity index (χ0v) is 13.4. The van der Waals surface area contributed by atoms with Crippen LogP contribution in [0, 0.1) is 0 Å². The highest BCUT2D eigenvalue weighted by molar-refractivity contribution is 7.98. The predicted molar refractivity (Wildman–Crippen MR) is 88.8 cm³/mol. The molecule has 1 heterocycles. The molecular formula is C16H17NO2S2. The van der Waals surface area contributed by atoms with E-state index in [0.29, 0.717) is 5.56 Å². The second kappa shape index (κ2) is 6.12. The van der Waals surface area contributed by atoms with Crippen LogP contribution in [0.5, 0.6) is 0 Å². The number of hydrogen-bond donors (Lipinski definition) is 2. The summed E-state index contributed by atoms with van der Waals surface area (Å²) in [5.74, 6) is -0.871. The molecule has 0 saturated heterocycles. The Kier molecular flexibility index (Phi) is 4.22. The van der Waals surface area contributed by atoms with Crippen LogP contribution in [-0.2, 0) is 6.42 Å². The molecule has 1 unspecified atom stereocenters. The molecule has 3 rings (SSSR count). The largest absolute Gasteiger partial charge is 0.478 e. The number of thioether (sulfide) groups is 1. The number of hydrogen-bond acceptors (Lipinski definition) is 4. The van der Waals surface area contributed by atoms with Crippen molar-refractivity contribution in [1.82, 2.24) is 0 Å². The molecule has 0 saturated carbocycles. The molecule has 2 aromatic rings. The van der Waals surface area contributed by atoms with Crippen molar-refractivity contribution in [2.45, 2.75) is 30.2 Å². The second-order valence-electron chi connectivity index (χ2n) is 5.08. The van der Waals surface area contributed by atoms with E-state index >= 15 is 0 Å². The van der Waals surface area contributed by atoms with Gasteiger partial charge in [-0.3, -0.25) is 0 Å². The average molecular weight is 319 g/mol. The van der Waals surface area contributed by atoms with Gasteiger partial charge in [-0.15, -0.1) is 23.1 Å². The summed E-state index contributed by atoms with van der Waals surface area (Å²) in [6.07, 6.45) is 5.24. The number of carboxylic acid groups (broad SMARTS) is 1. The molecule has 0 spiro atoms. The maximum Gasteiger partial charge on any atom is 0.338 e. The van der Waals surface area contributed by atoms with Gasteiger partial charge < -0.3 is 10.4 Å². The SMILES string of the molecule is CSc1cccc(NC2CCCc3sccc32)c1C(=O)O. The summed E-state index contributed by atoms with van der Waals surface area (Å²) in [5.41, 5.74) is 2.43. The Morgan fingerprint density at radius 1 is 1.43 bits per heavy atom. The number of carboxylic acids is 1. The zero-order valence-electron chi connectivity index (χ0n) is 11.8. The summed E-state index contributed by atoms with van der Waals surface area (Å²) >= 11 is 3.27. The summed E-state index contributed by atoms with van der Waals surface area (Å²) < 4.78 is 0. The number of aromatic carboxylic acids is 1. The second-order valence-corrected chi connectivity index (χ2v) is 6.92. The number of rotatable bonds is 4. The highest BCUT2D eigenvalue weighted by atomic mass is 32.2. The highest BCUT2D eigenvalue weighted by Crippen LogP contribution is 2.37. The number of carbonyl (C=O) groups is 1. The van der Waals surface area contributed by atoms with E-state index < -0.39 is 5.97 Å². The molecule has 0 aliphatic heterocycles. The minimum Gasteiger partial charge on any atom is -0.478 e. The molecule has 110 valence electrons. The van der Waals surface area contributed by atoms with E-state index in [0.717, 1.165) is 29.8 Å². The van der Waals surface area contributed by atoms with Crippen molar-refractivity contribution < 1.29 is 9.90 Å². The molecule has 1 aromatic heterocycles. The molecule has 0 radical (unpaired) electrons. The van der Waals surface area contributed by atoms with E-state index in [1.165, 1.54) is 22.2 Å². The van der Waals surface area contributed by atoms with E-state index in [4.69, 9.17) is 0 Å². The van der Waals surface area contributed by atoms with Gasteiger partial charge in [0.05, 0.1) is 17.3 Å². The fourth-order valence-corrected chi connectivity index (χ4v) is 4.47. The topological polar surface area (TPSA) is 49.3 Å². The third-order valence-electron chi connectivity index (χ3n) is 3.84. The summed E-state index contributed by atoms with van der Waals surface area (Å²) in [7, 11) is 0. The van der Waals surface area contributed by atoms with Crippen LogP contribution in [0.3, 0.4) is 0 Å². The standard InChI is InChI=1S/C16H17NO2S2/c1-20-14-7-3-5-12(15(14)16(18)19)17-11-4-2-6-13-10(11)8-9-21-13/h3,5,7-9,11,17H,2,4,6H2,1H3,(H,18,19). The van der Waals surface area contributed by atoms with Crippen molar-refractivity contribution in [2.24, 2.45) is 0 Å². The number of fused-ring (bicyclic) bond motifs is 1. The van der Waals surface area contributed by atoms with E-state index in [2.05, 4.69) is 16.8 Å². The molecule has 1 aromatic carbocycles. The lowest BCUT2D eigenvalue weighted by Crippen LogP contribution is -2.17. The molecule has 1 aliphatic rings. The third-order valence-corrected chi connectivity index (χ3v) is 5.62. The van der Waals surface area contributed by atoms with Crippen molar-refractivity contribution in [3.63, 3.8) is 0 Å². The average Bonchev–Trinajstić information content (AvgIpc) is 2.96. The molecule has 21 heavy (non-hydrogen) atoms. The Hall–Kier alpha value is -1.46. The molecule has 0 fully saturated rings. The summed E-state index contributed by atoms with van der Waals surface area (Å²) in [6.45, 7) is 0. The van der Waals surface area contributed by atoms with E-state index in [-0.39, 0.29) is 6.04 Å². The van der Waals surface area contributed by atoms with E-state index in [1.54, 1.807) is 11.3 Å². The van der Waals surface area contributed by atoms with Crippen molar-refractivity contribution >= 4 is 34.8 Å². The minimum absolute atomic E-state index is 0.218. The van der Waals surface area contributed by atoms with Gasteiger partial charge >= 0.3 is 5.97 Å².